The zero-order valence-corrected chi connectivity index (χ0v) is 22.4. The molecule has 1 rings (SSSR count). The third kappa shape index (κ3) is 9.02. The van der Waals surface area contributed by atoms with Crippen LogP contribution in [0.1, 0.15) is 106 Å². The van der Waals surface area contributed by atoms with E-state index in [-0.39, 0.29) is 17.9 Å². The quantitative estimate of drug-likeness (QED) is 0.171. The lowest BCUT2D eigenvalue weighted by molar-refractivity contribution is -0.115. The van der Waals surface area contributed by atoms with Gasteiger partial charge in [-0.05, 0) is 110 Å². The number of aliphatic hydroxyl groups excluding tert-OH is 1. The minimum absolute atomic E-state index is 0.123. The van der Waals surface area contributed by atoms with Crippen LogP contribution in [0.15, 0.2) is 46.6 Å². The molecule has 0 bridgehead atoms. The lowest BCUT2D eigenvalue weighted by atomic mass is 9.54. The maximum Gasteiger partial charge on any atom is 0.145 e. The van der Waals surface area contributed by atoms with Gasteiger partial charge >= 0.3 is 0 Å². The maximum absolute atomic E-state index is 11.5. The van der Waals surface area contributed by atoms with Gasteiger partial charge in [-0.15, -0.1) is 0 Å². The van der Waals surface area contributed by atoms with Crippen molar-refractivity contribution < 1.29 is 15.0 Å². The van der Waals surface area contributed by atoms with Crippen LogP contribution >= 0.6 is 0 Å². The Labute approximate surface area is 203 Å². The molecule has 0 spiro atoms. The third-order valence-corrected chi connectivity index (χ3v) is 7.86. The summed E-state index contributed by atoms with van der Waals surface area (Å²) in [5.41, 5.74) is 3.64. The number of carbonyl (C=O) groups is 1. The number of hydrogen-bond acceptors (Lipinski definition) is 3. The molecule has 0 radical (unpaired) electrons. The topological polar surface area (TPSA) is 57.5 Å². The van der Waals surface area contributed by atoms with Crippen molar-refractivity contribution in [2.75, 3.05) is 6.61 Å². The summed E-state index contributed by atoms with van der Waals surface area (Å²) in [6.07, 6.45) is 18.2. The molecule has 188 valence electrons. The fourth-order valence-electron chi connectivity index (χ4n) is 5.24. The van der Waals surface area contributed by atoms with Crippen LogP contribution in [0.25, 0.3) is 0 Å². The lowest BCUT2D eigenvalue weighted by Gasteiger charge is -2.53. The van der Waals surface area contributed by atoms with Crippen LogP contribution in [-0.2, 0) is 4.79 Å². The van der Waals surface area contributed by atoms with Gasteiger partial charge in [-0.2, -0.15) is 0 Å². The van der Waals surface area contributed by atoms with Crippen molar-refractivity contribution in [2.45, 2.75) is 112 Å². The van der Waals surface area contributed by atoms with Crippen molar-refractivity contribution in [1.29, 1.82) is 0 Å². The van der Waals surface area contributed by atoms with E-state index in [1.165, 1.54) is 16.7 Å². The van der Waals surface area contributed by atoms with Crippen LogP contribution in [-0.4, -0.2) is 28.7 Å². The number of allylic oxidation sites excluding steroid dienone is 8. The van der Waals surface area contributed by atoms with Gasteiger partial charge < -0.3 is 10.2 Å². The van der Waals surface area contributed by atoms with E-state index in [2.05, 4.69) is 58.9 Å². The van der Waals surface area contributed by atoms with Crippen molar-refractivity contribution in [3.8, 4) is 0 Å². The summed E-state index contributed by atoms with van der Waals surface area (Å²) in [5, 5.41) is 20.8. The second-order valence-corrected chi connectivity index (χ2v) is 11.0. The van der Waals surface area contributed by atoms with Gasteiger partial charge in [0, 0.05) is 12.0 Å². The van der Waals surface area contributed by atoms with Gasteiger partial charge in [0.15, 0.2) is 0 Å². The van der Waals surface area contributed by atoms with E-state index in [0.717, 1.165) is 56.8 Å². The smallest absolute Gasteiger partial charge is 0.145 e. The van der Waals surface area contributed by atoms with Gasteiger partial charge in [0.05, 0.1) is 5.60 Å². The summed E-state index contributed by atoms with van der Waals surface area (Å²) >= 11 is 0. The number of carbonyl (C=O) groups excluding carboxylic acids is 1. The number of rotatable bonds is 13. The highest BCUT2D eigenvalue weighted by Gasteiger charge is 2.51. The van der Waals surface area contributed by atoms with Crippen molar-refractivity contribution in [1.82, 2.24) is 0 Å². The average molecular weight is 459 g/mol. The second-order valence-electron chi connectivity index (χ2n) is 11.0. The molecule has 3 nitrogen and oxygen atoms in total. The molecular formula is C30H50O3. The zero-order chi connectivity index (χ0) is 25.1. The molecule has 0 aromatic heterocycles. The standard InChI is InChI=1S/C30H50O3/c1-23(2)16-17-25(4)13-9-8-12-24(3)14-10-19-29(6)28(15-11-21-31)27(26(5)22-32)18-20-30(29,7)33/h9,13-14,16,22,25,28,31,33H,8,10-12,15,17-21H2,1-7H3/b13-9+,24-14+,27-26-/t25-,28-,29+,30+/m1/s1. The highest BCUT2D eigenvalue weighted by atomic mass is 16.3. The summed E-state index contributed by atoms with van der Waals surface area (Å²) in [6, 6.07) is 0. The molecule has 1 aliphatic carbocycles. The average Bonchev–Trinajstić information content (AvgIpc) is 2.75. The molecule has 3 heteroatoms. The van der Waals surface area contributed by atoms with Crippen LogP contribution in [0.3, 0.4) is 0 Å². The molecule has 1 saturated carbocycles. The van der Waals surface area contributed by atoms with Crippen molar-refractivity contribution in [3.05, 3.63) is 46.6 Å². The van der Waals surface area contributed by atoms with Gasteiger partial charge in [0.2, 0.25) is 0 Å². The first-order valence-electron chi connectivity index (χ1n) is 12.9. The summed E-state index contributed by atoms with van der Waals surface area (Å²) < 4.78 is 0. The second kappa shape index (κ2) is 14.1. The minimum Gasteiger partial charge on any atom is -0.396 e. The summed E-state index contributed by atoms with van der Waals surface area (Å²) in [6.45, 7) is 14.9. The molecule has 0 unspecified atom stereocenters. The third-order valence-electron chi connectivity index (χ3n) is 7.86. The Balaban J connectivity index is 2.81. The van der Waals surface area contributed by atoms with Gasteiger partial charge in [-0.3, -0.25) is 4.79 Å². The highest BCUT2D eigenvalue weighted by Crippen LogP contribution is 2.55. The van der Waals surface area contributed by atoms with E-state index in [9.17, 15) is 15.0 Å². The number of aldehydes is 1. The van der Waals surface area contributed by atoms with Crippen LogP contribution in [0.5, 0.6) is 0 Å². The Kier molecular flexibility index (Phi) is 12.6. The SMILES string of the molecule is CC(C)=CC[C@H](C)/C=C/CC/C(C)=C/CC[C@@]1(C)[C@H](CCCO)/C(=C(/C)C=O)CC[C@]1(C)O. The van der Waals surface area contributed by atoms with Crippen LogP contribution in [0.4, 0.5) is 0 Å². The number of hydrogen-bond donors (Lipinski definition) is 2. The van der Waals surface area contributed by atoms with E-state index in [1.807, 2.05) is 13.8 Å². The summed E-state index contributed by atoms with van der Waals surface area (Å²) in [5.74, 6) is 0.697. The molecule has 1 aliphatic rings. The first-order valence-corrected chi connectivity index (χ1v) is 12.9. The molecule has 0 heterocycles. The minimum atomic E-state index is -0.786. The predicted molar refractivity (Wildman–Crippen MR) is 141 cm³/mol. The first-order chi connectivity index (χ1) is 15.5. The van der Waals surface area contributed by atoms with Gasteiger partial charge in [-0.1, -0.05) is 54.9 Å². The monoisotopic (exact) mass is 458 g/mol. The Hall–Kier alpha value is -1.45. The fourth-order valence-corrected chi connectivity index (χ4v) is 5.24. The zero-order valence-electron chi connectivity index (χ0n) is 22.4. The van der Waals surface area contributed by atoms with Gasteiger partial charge in [-0.25, -0.2) is 0 Å². The molecule has 0 aromatic carbocycles. The molecule has 2 N–H and O–H groups in total. The number of aliphatic hydroxyl groups is 2. The highest BCUT2D eigenvalue weighted by molar-refractivity contribution is 5.74. The molecule has 0 saturated heterocycles. The van der Waals surface area contributed by atoms with E-state index < -0.39 is 5.60 Å². The van der Waals surface area contributed by atoms with Crippen LogP contribution < -0.4 is 0 Å². The van der Waals surface area contributed by atoms with E-state index in [0.29, 0.717) is 18.8 Å². The molecule has 1 fully saturated rings. The summed E-state index contributed by atoms with van der Waals surface area (Å²) in [7, 11) is 0. The van der Waals surface area contributed by atoms with E-state index in [1.54, 1.807) is 0 Å². The normalized spacial score (nSPS) is 28.6. The summed E-state index contributed by atoms with van der Waals surface area (Å²) in [4.78, 5) is 11.5. The lowest BCUT2D eigenvalue weighted by Crippen LogP contribution is -2.52. The van der Waals surface area contributed by atoms with Gasteiger partial charge in [0.1, 0.15) is 6.29 Å². The largest absolute Gasteiger partial charge is 0.396 e. The first kappa shape index (κ1) is 29.6. The molecule has 0 aliphatic heterocycles. The Morgan fingerprint density at radius 3 is 2.45 bits per heavy atom. The Bertz CT molecular complexity index is 734. The van der Waals surface area contributed by atoms with Crippen molar-refractivity contribution in [2.24, 2.45) is 17.3 Å². The maximum atomic E-state index is 11.5. The van der Waals surface area contributed by atoms with Crippen LogP contribution in [0, 0.1) is 17.3 Å². The molecule has 0 amide bonds. The van der Waals surface area contributed by atoms with E-state index >= 15 is 0 Å². The van der Waals surface area contributed by atoms with Crippen molar-refractivity contribution in [3.63, 3.8) is 0 Å². The molecule has 0 aromatic rings. The predicted octanol–water partition coefficient (Wildman–Crippen LogP) is 7.50. The Morgan fingerprint density at radius 2 is 1.85 bits per heavy atom. The Morgan fingerprint density at radius 1 is 1.15 bits per heavy atom. The van der Waals surface area contributed by atoms with E-state index in [4.69, 9.17) is 0 Å². The fraction of sp³-hybridized carbons (Fsp3) is 0.700. The van der Waals surface area contributed by atoms with Gasteiger partial charge in [0.25, 0.3) is 0 Å². The molecule has 4 atom stereocenters. The van der Waals surface area contributed by atoms with Crippen LogP contribution in [0.2, 0.25) is 0 Å². The van der Waals surface area contributed by atoms with Crippen molar-refractivity contribution >= 4 is 6.29 Å². The molecular weight excluding hydrogens is 408 g/mol. The molecule has 33 heavy (non-hydrogen) atoms.